The summed E-state index contributed by atoms with van der Waals surface area (Å²) >= 11 is 0. The minimum Gasteiger partial charge on any atom is -0.450 e. The lowest BCUT2D eigenvalue weighted by Crippen LogP contribution is -2.71. The number of unbranched alkanes of at least 4 members (excludes halogenated alkanes) is 1. The highest BCUT2D eigenvalue weighted by atomic mass is 32.2. The van der Waals surface area contributed by atoms with E-state index in [-0.39, 0.29) is 13.0 Å². The Morgan fingerprint density at radius 1 is 1.47 bits per heavy atom. The van der Waals surface area contributed by atoms with Crippen LogP contribution in [-0.2, 0) is 19.8 Å². The highest BCUT2D eigenvalue weighted by molar-refractivity contribution is 7.84. The number of hydrogen-bond donors (Lipinski definition) is 2. The quantitative estimate of drug-likeness (QED) is 0.414. The van der Waals surface area contributed by atoms with Crippen LogP contribution < -0.4 is 5.32 Å². The molecular formula is C10H18N2O6S. The van der Waals surface area contributed by atoms with Crippen LogP contribution in [0, 0.1) is 0 Å². The van der Waals surface area contributed by atoms with Gasteiger partial charge in [-0.3, -0.25) is 9.35 Å². The first kappa shape index (κ1) is 15.7. The van der Waals surface area contributed by atoms with Crippen molar-refractivity contribution < 1.29 is 27.3 Å². The van der Waals surface area contributed by atoms with E-state index in [0.717, 1.165) is 6.42 Å². The summed E-state index contributed by atoms with van der Waals surface area (Å²) in [5.74, 6) is -0.859. The van der Waals surface area contributed by atoms with Crippen LogP contribution in [0.15, 0.2) is 0 Å². The van der Waals surface area contributed by atoms with Crippen LogP contribution in [0.25, 0.3) is 0 Å². The van der Waals surface area contributed by atoms with Crippen LogP contribution in [0.5, 0.6) is 0 Å². The van der Waals surface area contributed by atoms with Crippen molar-refractivity contribution in [2.45, 2.75) is 45.2 Å². The van der Waals surface area contributed by atoms with E-state index in [4.69, 9.17) is 9.29 Å². The summed E-state index contributed by atoms with van der Waals surface area (Å²) in [7, 11) is -4.57. The number of carbonyl (C=O) groups excluding carboxylic acids is 2. The normalized spacial score (nSPS) is 22.9. The zero-order valence-electron chi connectivity index (χ0n) is 10.8. The number of amides is 2. The summed E-state index contributed by atoms with van der Waals surface area (Å²) < 4.78 is 36.0. The maximum Gasteiger partial charge on any atom is 0.407 e. The van der Waals surface area contributed by atoms with E-state index in [1.807, 2.05) is 6.92 Å². The molecule has 1 rings (SSSR count). The molecule has 2 N–H and O–H groups in total. The standard InChI is InChI=1S/C10H18N2O6S/c1-3-5-6-18-10(14)11-8-7(4-2)12(9(8)13)19(15,16)17/h7-8H,3-6H2,1-2H3,(H,11,14)(H,15,16,17). The zero-order valence-corrected chi connectivity index (χ0v) is 11.6. The molecule has 0 aromatic carbocycles. The molecular weight excluding hydrogens is 276 g/mol. The lowest BCUT2D eigenvalue weighted by atomic mass is 9.97. The topological polar surface area (TPSA) is 113 Å². The maximum absolute atomic E-state index is 11.6. The van der Waals surface area contributed by atoms with E-state index >= 15 is 0 Å². The number of hydrogen-bond acceptors (Lipinski definition) is 5. The Hall–Kier alpha value is -1.35. The number of nitrogens with one attached hydrogen (secondary N) is 1. The van der Waals surface area contributed by atoms with Crippen LogP contribution >= 0.6 is 0 Å². The molecule has 110 valence electrons. The van der Waals surface area contributed by atoms with Gasteiger partial charge >= 0.3 is 16.4 Å². The Labute approximate surface area is 112 Å². The van der Waals surface area contributed by atoms with Gasteiger partial charge in [-0.2, -0.15) is 8.42 Å². The second-order valence-corrected chi connectivity index (χ2v) is 5.49. The summed E-state index contributed by atoms with van der Waals surface area (Å²) in [6.45, 7) is 3.82. The minimum absolute atomic E-state index is 0.238. The van der Waals surface area contributed by atoms with Gasteiger partial charge in [-0.1, -0.05) is 20.3 Å². The average molecular weight is 294 g/mol. The van der Waals surface area contributed by atoms with Crippen LogP contribution in [0.2, 0.25) is 0 Å². The van der Waals surface area contributed by atoms with Crippen molar-refractivity contribution >= 4 is 22.3 Å². The predicted molar refractivity (Wildman–Crippen MR) is 65.7 cm³/mol. The third-order valence-electron chi connectivity index (χ3n) is 2.84. The third-order valence-corrected chi connectivity index (χ3v) is 3.79. The number of β-lactam (4-membered cyclic amide) rings is 1. The van der Waals surface area contributed by atoms with Gasteiger partial charge in [0.2, 0.25) is 0 Å². The van der Waals surface area contributed by atoms with Crippen LogP contribution in [0.3, 0.4) is 0 Å². The molecule has 19 heavy (non-hydrogen) atoms. The molecule has 1 aliphatic heterocycles. The molecule has 1 saturated heterocycles. The van der Waals surface area contributed by atoms with Gasteiger partial charge in [0.05, 0.1) is 12.6 Å². The second-order valence-electron chi connectivity index (χ2n) is 4.20. The molecule has 0 bridgehead atoms. The van der Waals surface area contributed by atoms with Crippen molar-refractivity contribution in [1.29, 1.82) is 0 Å². The molecule has 2 unspecified atom stereocenters. The Morgan fingerprint density at radius 3 is 2.58 bits per heavy atom. The molecule has 0 spiro atoms. The van der Waals surface area contributed by atoms with Crippen molar-refractivity contribution in [3.8, 4) is 0 Å². The molecule has 1 heterocycles. The lowest BCUT2D eigenvalue weighted by molar-refractivity contribution is -0.142. The molecule has 0 radical (unpaired) electrons. The first-order valence-corrected chi connectivity index (χ1v) is 7.46. The average Bonchev–Trinajstić information content (AvgIpc) is 2.31. The van der Waals surface area contributed by atoms with Crippen molar-refractivity contribution in [3.63, 3.8) is 0 Å². The van der Waals surface area contributed by atoms with Crippen molar-refractivity contribution in [3.05, 3.63) is 0 Å². The predicted octanol–water partition coefficient (Wildman–Crippen LogP) is 0.305. The first-order chi connectivity index (χ1) is 8.82. The fourth-order valence-electron chi connectivity index (χ4n) is 1.84. The molecule has 0 saturated carbocycles. The fourth-order valence-corrected chi connectivity index (χ4v) is 2.79. The summed E-state index contributed by atoms with van der Waals surface area (Å²) in [5.41, 5.74) is 0. The largest absolute Gasteiger partial charge is 0.450 e. The van der Waals surface area contributed by atoms with Gasteiger partial charge in [0.1, 0.15) is 6.04 Å². The van der Waals surface area contributed by atoms with Crippen LogP contribution in [0.4, 0.5) is 4.79 Å². The molecule has 9 heteroatoms. The third kappa shape index (κ3) is 3.57. The molecule has 8 nitrogen and oxygen atoms in total. The van der Waals surface area contributed by atoms with E-state index in [0.29, 0.717) is 10.7 Å². The molecule has 1 aliphatic rings. The second kappa shape index (κ2) is 6.20. The van der Waals surface area contributed by atoms with E-state index in [1.54, 1.807) is 6.92 Å². The number of rotatable bonds is 6. The van der Waals surface area contributed by atoms with Gasteiger partial charge in [-0.05, 0) is 12.8 Å². The van der Waals surface area contributed by atoms with E-state index in [9.17, 15) is 18.0 Å². The van der Waals surface area contributed by atoms with Crippen LogP contribution in [0.1, 0.15) is 33.1 Å². The summed E-state index contributed by atoms with van der Waals surface area (Å²) in [5, 5.41) is 2.30. The SMILES string of the molecule is CCCCOC(=O)NC1C(=O)N(S(=O)(=O)O)C1CC. The number of nitrogens with zero attached hydrogens (tertiary/aromatic N) is 1. The van der Waals surface area contributed by atoms with E-state index in [2.05, 4.69) is 5.32 Å². The highest BCUT2D eigenvalue weighted by Crippen LogP contribution is 2.25. The molecule has 1 fully saturated rings. The monoisotopic (exact) mass is 294 g/mol. The van der Waals surface area contributed by atoms with Gasteiger partial charge in [-0.15, -0.1) is 0 Å². The smallest absolute Gasteiger partial charge is 0.407 e. The number of alkyl carbamates (subject to hydrolysis) is 1. The molecule has 2 amide bonds. The highest BCUT2D eigenvalue weighted by Gasteiger charge is 2.53. The summed E-state index contributed by atoms with van der Waals surface area (Å²) in [4.78, 5) is 22.9. The molecule has 2 atom stereocenters. The number of carbonyl (C=O) groups is 2. The Kier molecular flexibility index (Phi) is 5.12. The summed E-state index contributed by atoms with van der Waals surface area (Å²) in [6, 6.07) is -1.75. The van der Waals surface area contributed by atoms with Gasteiger partial charge in [0.15, 0.2) is 0 Å². The van der Waals surface area contributed by atoms with Crippen molar-refractivity contribution in [1.82, 2.24) is 9.62 Å². The van der Waals surface area contributed by atoms with Crippen LogP contribution in [-0.4, -0.2) is 48.0 Å². The summed E-state index contributed by atoms with van der Waals surface area (Å²) in [6.07, 6.45) is 1.09. The van der Waals surface area contributed by atoms with Crippen molar-refractivity contribution in [2.75, 3.05) is 6.61 Å². The Balaban J connectivity index is 2.56. The Morgan fingerprint density at radius 2 is 2.11 bits per heavy atom. The first-order valence-electron chi connectivity index (χ1n) is 6.06. The van der Waals surface area contributed by atoms with Gasteiger partial charge in [-0.25, -0.2) is 9.10 Å². The van der Waals surface area contributed by atoms with E-state index in [1.165, 1.54) is 0 Å². The Bertz CT molecular complexity index is 449. The molecule has 0 aliphatic carbocycles. The van der Waals surface area contributed by atoms with Gasteiger partial charge in [0.25, 0.3) is 5.91 Å². The van der Waals surface area contributed by atoms with Gasteiger partial charge in [0, 0.05) is 0 Å². The molecule has 0 aromatic heterocycles. The van der Waals surface area contributed by atoms with Crippen molar-refractivity contribution in [2.24, 2.45) is 0 Å². The minimum atomic E-state index is -4.57. The fraction of sp³-hybridized carbons (Fsp3) is 0.800. The molecule has 0 aromatic rings. The lowest BCUT2D eigenvalue weighted by Gasteiger charge is -2.43. The van der Waals surface area contributed by atoms with E-state index < -0.39 is 34.4 Å². The number of ether oxygens (including phenoxy) is 1. The van der Waals surface area contributed by atoms with Gasteiger partial charge < -0.3 is 10.1 Å². The maximum atomic E-state index is 11.6. The zero-order chi connectivity index (χ0) is 14.6.